The first-order valence-electron chi connectivity index (χ1n) is 9.93. The number of aryl methyl sites for hydroxylation is 2. The highest BCUT2D eigenvalue weighted by atomic mass is 35.5. The lowest BCUT2D eigenvalue weighted by Gasteiger charge is -2.23. The van der Waals surface area contributed by atoms with Gasteiger partial charge in [0.1, 0.15) is 12.3 Å². The minimum atomic E-state index is -3.62. The van der Waals surface area contributed by atoms with Crippen molar-refractivity contribution in [3.63, 3.8) is 0 Å². The zero-order chi connectivity index (χ0) is 22.1. The van der Waals surface area contributed by atoms with Gasteiger partial charge < -0.3 is 10.1 Å². The maximum absolute atomic E-state index is 12.4. The van der Waals surface area contributed by atoms with Gasteiger partial charge in [-0.3, -0.25) is 9.10 Å². The van der Waals surface area contributed by atoms with E-state index >= 15 is 0 Å². The Morgan fingerprint density at radius 3 is 2.60 bits per heavy atom. The van der Waals surface area contributed by atoms with Crippen LogP contribution in [0.15, 0.2) is 42.5 Å². The van der Waals surface area contributed by atoms with Crippen LogP contribution in [-0.4, -0.2) is 40.3 Å². The molecule has 0 aliphatic heterocycles. The second-order valence-electron chi connectivity index (χ2n) is 7.11. The minimum Gasteiger partial charge on any atom is -0.493 e. The number of halogens is 1. The molecule has 0 heterocycles. The molecule has 0 saturated heterocycles. The van der Waals surface area contributed by atoms with Gasteiger partial charge in [-0.1, -0.05) is 36.7 Å². The summed E-state index contributed by atoms with van der Waals surface area (Å²) in [5, 5.41) is 3.32. The van der Waals surface area contributed by atoms with E-state index in [4.69, 9.17) is 16.3 Å². The first kappa shape index (κ1) is 24.0. The van der Waals surface area contributed by atoms with Crippen molar-refractivity contribution in [2.45, 2.75) is 33.1 Å². The lowest BCUT2D eigenvalue weighted by molar-refractivity contribution is -0.119. The summed E-state index contributed by atoms with van der Waals surface area (Å²) in [6.45, 7) is 4.65. The van der Waals surface area contributed by atoms with Gasteiger partial charge in [0.05, 0.1) is 18.6 Å². The molecule has 6 nitrogen and oxygen atoms in total. The third-order valence-corrected chi connectivity index (χ3v) is 5.86. The van der Waals surface area contributed by atoms with Crippen LogP contribution in [0.1, 0.15) is 30.9 Å². The number of nitrogens with zero attached hydrogens (tertiary/aromatic N) is 1. The van der Waals surface area contributed by atoms with Crippen molar-refractivity contribution in [1.82, 2.24) is 5.32 Å². The Labute approximate surface area is 184 Å². The van der Waals surface area contributed by atoms with E-state index in [-0.39, 0.29) is 12.5 Å². The highest BCUT2D eigenvalue weighted by Crippen LogP contribution is 2.25. The normalized spacial score (nSPS) is 11.2. The van der Waals surface area contributed by atoms with Crippen LogP contribution in [-0.2, 0) is 21.2 Å². The predicted molar refractivity (Wildman–Crippen MR) is 122 cm³/mol. The van der Waals surface area contributed by atoms with E-state index in [1.165, 1.54) is 0 Å². The molecule has 2 aromatic carbocycles. The number of carbonyl (C=O) groups excluding carboxylic acids is 1. The first-order chi connectivity index (χ1) is 14.2. The van der Waals surface area contributed by atoms with E-state index in [0.29, 0.717) is 29.4 Å². The van der Waals surface area contributed by atoms with Gasteiger partial charge in [0.2, 0.25) is 15.9 Å². The summed E-state index contributed by atoms with van der Waals surface area (Å²) in [5.41, 5.74) is 2.22. The van der Waals surface area contributed by atoms with Crippen LogP contribution in [0.25, 0.3) is 0 Å². The summed E-state index contributed by atoms with van der Waals surface area (Å²) in [4.78, 5) is 12.4. The van der Waals surface area contributed by atoms with Gasteiger partial charge in [0.25, 0.3) is 0 Å². The Morgan fingerprint density at radius 2 is 1.93 bits per heavy atom. The Kier molecular flexibility index (Phi) is 8.99. The maximum atomic E-state index is 12.4. The summed E-state index contributed by atoms with van der Waals surface area (Å²) in [5.74, 6) is 0.512. The molecule has 2 aromatic rings. The summed E-state index contributed by atoms with van der Waals surface area (Å²) in [6, 6.07) is 12.8. The number of sulfonamides is 1. The lowest BCUT2D eigenvalue weighted by Crippen LogP contribution is -2.41. The Balaban J connectivity index is 1.93. The van der Waals surface area contributed by atoms with E-state index in [1.807, 2.05) is 24.3 Å². The largest absolute Gasteiger partial charge is 0.493 e. The molecule has 164 valence electrons. The SMILES string of the molecule is CCCOc1ccccc1CCCNC(=O)CN(c1ccc(Cl)cc1C)S(C)(=O)=O. The molecular weight excluding hydrogens is 424 g/mol. The number of para-hydroxylation sites is 1. The fraction of sp³-hybridized carbons (Fsp3) is 0.409. The van der Waals surface area contributed by atoms with Crippen LogP contribution in [0.5, 0.6) is 5.75 Å². The molecule has 0 aliphatic rings. The fourth-order valence-corrected chi connectivity index (χ4v) is 4.18. The van der Waals surface area contributed by atoms with Gasteiger partial charge in [-0.2, -0.15) is 0 Å². The molecule has 1 N–H and O–H groups in total. The first-order valence-corrected chi connectivity index (χ1v) is 12.2. The van der Waals surface area contributed by atoms with Gasteiger partial charge in [-0.25, -0.2) is 8.42 Å². The van der Waals surface area contributed by atoms with Crippen molar-refractivity contribution in [3.8, 4) is 5.75 Å². The molecule has 30 heavy (non-hydrogen) atoms. The molecule has 0 aliphatic carbocycles. The highest BCUT2D eigenvalue weighted by Gasteiger charge is 2.22. The van der Waals surface area contributed by atoms with Crippen molar-refractivity contribution in [3.05, 3.63) is 58.6 Å². The van der Waals surface area contributed by atoms with Gasteiger partial charge in [-0.05, 0) is 61.6 Å². The summed E-state index contributed by atoms with van der Waals surface area (Å²) >= 11 is 5.96. The standard InChI is InChI=1S/C22H29ClN2O4S/c1-4-14-29-21-10-6-5-8-18(21)9-7-13-24-22(26)16-25(30(3,27)28)20-12-11-19(23)15-17(20)2/h5-6,8,10-12,15H,4,7,9,13-14,16H2,1-3H3,(H,24,26). The molecule has 0 saturated carbocycles. The van der Waals surface area contributed by atoms with Crippen LogP contribution in [0.3, 0.4) is 0 Å². The fourth-order valence-electron chi connectivity index (χ4n) is 3.04. The topological polar surface area (TPSA) is 75.7 Å². The number of nitrogens with one attached hydrogen (secondary N) is 1. The van der Waals surface area contributed by atoms with E-state index in [0.717, 1.165) is 41.1 Å². The number of carbonyl (C=O) groups is 1. The van der Waals surface area contributed by atoms with Crippen molar-refractivity contribution >= 4 is 33.2 Å². The Morgan fingerprint density at radius 1 is 1.20 bits per heavy atom. The number of benzene rings is 2. The molecule has 1 amide bonds. The third-order valence-electron chi connectivity index (χ3n) is 4.49. The number of ether oxygens (including phenoxy) is 1. The summed E-state index contributed by atoms with van der Waals surface area (Å²) in [7, 11) is -3.62. The molecule has 0 aromatic heterocycles. The van der Waals surface area contributed by atoms with Crippen molar-refractivity contribution in [2.24, 2.45) is 0 Å². The van der Waals surface area contributed by atoms with Crippen molar-refractivity contribution in [2.75, 3.05) is 30.3 Å². The molecular formula is C22H29ClN2O4S. The molecule has 0 radical (unpaired) electrons. The molecule has 0 unspecified atom stereocenters. The average molecular weight is 453 g/mol. The van der Waals surface area contributed by atoms with E-state index in [2.05, 4.69) is 12.2 Å². The van der Waals surface area contributed by atoms with E-state index in [1.54, 1.807) is 25.1 Å². The zero-order valence-corrected chi connectivity index (χ0v) is 19.2. The van der Waals surface area contributed by atoms with Crippen LogP contribution >= 0.6 is 11.6 Å². The van der Waals surface area contributed by atoms with Crippen molar-refractivity contribution in [1.29, 1.82) is 0 Å². The monoisotopic (exact) mass is 452 g/mol. The van der Waals surface area contributed by atoms with Crippen LogP contribution in [0.4, 0.5) is 5.69 Å². The molecule has 0 bridgehead atoms. The Hall–Kier alpha value is -2.25. The smallest absolute Gasteiger partial charge is 0.240 e. The second kappa shape index (κ2) is 11.2. The van der Waals surface area contributed by atoms with E-state index in [9.17, 15) is 13.2 Å². The van der Waals surface area contributed by atoms with Gasteiger partial charge in [0, 0.05) is 11.6 Å². The zero-order valence-electron chi connectivity index (χ0n) is 17.7. The lowest BCUT2D eigenvalue weighted by atomic mass is 10.1. The Bertz CT molecular complexity index is 963. The number of amides is 1. The van der Waals surface area contributed by atoms with Crippen molar-refractivity contribution < 1.29 is 17.9 Å². The van der Waals surface area contributed by atoms with Crippen LogP contribution in [0, 0.1) is 6.92 Å². The summed E-state index contributed by atoms with van der Waals surface area (Å²) in [6.07, 6.45) is 3.50. The number of rotatable bonds is 11. The van der Waals surface area contributed by atoms with Gasteiger partial charge in [0.15, 0.2) is 0 Å². The molecule has 0 spiro atoms. The third kappa shape index (κ3) is 7.22. The molecule has 2 rings (SSSR count). The second-order valence-corrected chi connectivity index (χ2v) is 9.45. The van der Waals surface area contributed by atoms with E-state index < -0.39 is 10.0 Å². The quantitative estimate of drug-likeness (QED) is 0.524. The van der Waals surface area contributed by atoms with Gasteiger partial charge >= 0.3 is 0 Å². The highest BCUT2D eigenvalue weighted by molar-refractivity contribution is 7.92. The van der Waals surface area contributed by atoms with Gasteiger partial charge in [-0.15, -0.1) is 0 Å². The minimum absolute atomic E-state index is 0.280. The van der Waals surface area contributed by atoms with Crippen LogP contribution in [0.2, 0.25) is 5.02 Å². The molecule has 0 fully saturated rings. The summed E-state index contributed by atoms with van der Waals surface area (Å²) < 4.78 is 31.3. The number of hydrogen-bond acceptors (Lipinski definition) is 4. The molecule has 0 atom stereocenters. The molecule has 8 heteroatoms. The number of anilines is 1. The predicted octanol–water partition coefficient (Wildman–Crippen LogP) is 3.95. The van der Waals surface area contributed by atoms with Crippen LogP contribution < -0.4 is 14.4 Å². The average Bonchev–Trinajstić information content (AvgIpc) is 2.68. The number of hydrogen-bond donors (Lipinski definition) is 1. The maximum Gasteiger partial charge on any atom is 0.240 e.